The minimum atomic E-state index is 0.0712. The monoisotopic (exact) mass is 382 g/mol. The number of tetrazole rings is 1. The van der Waals surface area contributed by atoms with E-state index < -0.39 is 0 Å². The van der Waals surface area contributed by atoms with Gasteiger partial charge in [0.2, 0.25) is 11.8 Å². The summed E-state index contributed by atoms with van der Waals surface area (Å²) in [5, 5.41) is 11.1. The van der Waals surface area contributed by atoms with E-state index in [0.29, 0.717) is 12.8 Å². The van der Waals surface area contributed by atoms with Gasteiger partial charge in [0.25, 0.3) is 0 Å². The molecule has 4 rings (SSSR count). The van der Waals surface area contributed by atoms with Crippen molar-refractivity contribution in [3.63, 3.8) is 0 Å². The smallest absolute Gasteiger partial charge is 0.227 e. The van der Waals surface area contributed by atoms with Gasteiger partial charge < -0.3 is 9.80 Å². The van der Waals surface area contributed by atoms with Crippen molar-refractivity contribution in [2.24, 2.45) is 5.41 Å². The number of rotatable bonds is 4. The molecule has 8 nitrogen and oxygen atoms in total. The minimum Gasteiger partial charge on any atom is -0.342 e. The Morgan fingerprint density at radius 3 is 2.71 bits per heavy atom. The topological polar surface area (TPSA) is 84.2 Å². The van der Waals surface area contributed by atoms with Crippen LogP contribution in [0.25, 0.3) is 5.69 Å². The Balaban J connectivity index is 1.40. The van der Waals surface area contributed by atoms with Gasteiger partial charge in [-0.25, -0.2) is 4.68 Å². The van der Waals surface area contributed by atoms with Crippen LogP contribution in [0.15, 0.2) is 30.6 Å². The molecule has 2 aliphatic rings. The van der Waals surface area contributed by atoms with E-state index >= 15 is 0 Å². The van der Waals surface area contributed by atoms with Gasteiger partial charge in [-0.15, -0.1) is 5.10 Å². The molecule has 1 aromatic carbocycles. The molecule has 0 bridgehead atoms. The van der Waals surface area contributed by atoms with Crippen LogP contribution in [-0.4, -0.2) is 68.0 Å². The molecular weight excluding hydrogens is 356 g/mol. The Kier molecular flexibility index (Phi) is 5.11. The number of likely N-dealkylation sites (tertiary alicyclic amines) is 2. The highest BCUT2D eigenvalue weighted by Crippen LogP contribution is 2.38. The quantitative estimate of drug-likeness (QED) is 0.799. The lowest BCUT2D eigenvalue weighted by atomic mass is 9.73. The number of carbonyl (C=O) groups is 2. The third-order valence-electron chi connectivity index (χ3n) is 6.05. The first-order valence-electron chi connectivity index (χ1n) is 9.96. The SMILES string of the molecule is CCN1C[C@]2(CCCN(C(=O)Cc3ccc(-n4cnnn4)cc3)C2)CCC1=O. The molecule has 2 fully saturated rings. The molecule has 1 spiro atoms. The Hall–Kier alpha value is -2.77. The Labute approximate surface area is 164 Å². The number of benzene rings is 1. The van der Waals surface area contributed by atoms with Crippen molar-refractivity contribution >= 4 is 11.8 Å². The van der Waals surface area contributed by atoms with Gasteiger partial charge in [-0.3, -0.25) is 9.59 Å². The fraction of sp³-hybridized carbons (Fsp3) is 0.550. The van der Waals surface area contributed by atoms with Crippen molar-refractivity contribution in [3.05, 3.63) is 36.2 Å². The molecule has 0 radical (unpaired) electrons. The third-order valence-corrected chi connectivity index (χ3v) is 6.05. The fourth-order valence-corrected chi connectivity index (χ4v) is 4.48. The Morgan fingerprint density at radius 1 is 1.18 bits per heavy atom. The average Bonchev–Trinajstić information content (AvgIpc) is 3.25. The molecule has 148 valence electrons. The van der Waals surface area contributed by atoms with Crippen molar-refractivity contribution in [2.75, 3.05) is 26.2 Å². The van der Waals surface area contributed by atoms with Gasteiger partial charge in [0, 0.05) is 38.0 Å². The zero-order valence-electron chi connectivity index (χ0n) is 16.3. The summed E-state index contributed by atoms with van der Waals surface area (Å²) in [5.41, 5.74) is 1.92. The Bertz CT molecular complexity index is 835. The second-order valence-electron chi connectivity index (χ2n) is 7.92. The van der Waals surface area contributed by atoms with Crippen LogP contribution < -0.4 is 0 Å². The van der Waals surface area contributed by atoms with E-state index in [4.69, 9.17) is 0 Å². The second-order valence-corrected chi connectivity index (χ2v) is 7.92. The lowest BCUT2D eigenvalue weighted by molar-refractivity contribution is -0.142. The maximum atomic E-state index is 12.9. The van der Waals surface area contributed by atoms with Gasteiger partial charge in [-0.05, 0) is 54.3 Å². The van der Waals surface area contributed by atoms with Crippen molar-refractivity contribution in [1.29, 1.82) is 0 Å². The maximum Gasteiger partial charge on any atom is 0.227 e. The summed E-state index contributed by atoms with van der Waals surface area (Å²) in [6.45, 7) is 5.14. The molecule has 0 aliphatic carbocycles. The van der Waals surface area contributed by atoms with Gasteiger partial charge in [-0.1, -0.05) is 12.1 Å². The van der Waals surface area contributed by atoms with E-state index in [9.17, 15) is 9.59 Å². The van der Waals surface area contributed by atoms with Crippen LogP contribution in [0.2, 0.25) is 0 Å². The number of carbonyl (C=O) groups excluding carboxylic acids is 2. The van der Waals surface area contributed by atoms with Crippen molar-refractivity contribution in [3.8, 4) is 5.69 Å². The summed E-state index contributed by atoms with van der Waals surface area (Å²) in [5.74, 6) is 0.411. The van der Waals surface area contributed by atoms with Crippen molar-refractivity contribution < 1.29 is 9.59 Å². The first-order chi connectivity index (χ1) is 13.6. The lowest BCUT2D eigenvalue weighted by Gasteiger charge is -2.48. The van der Waals surface area contributed by atoms with Gasteiger partial charge in [0.05, 0.1) is 12.1 Å². The first kappa shape index (κ1) is 18.6. The van der Waals surface area contributed by atoms with Crippen LogP contribution in [0.5, 0.6) is 0 Å². The predicted octanol–water partition coefficient (Wildman–Crippen LogP) is 1.46. The summed E-state index contributed by atoms with van der Waals surface area (Å²) < 4.78 is 1.59. The molecule has 1 atom stereocenters. The van der Waals surface area contributed by atoms with Crippen LogP contribution in [-0.2, 0) is 16.0 Å². The molecule has 2 amide bonds. The van der Waals surface area contributed by atoms with Crippen LogP contribution in [0.4, 0.5) is 0 Å². The normalized spacial score (nSPS) is 22.7. The van der Waals surface area contributed by atoms with Crippen LogP contribution >= 0.6 is 0 Å². The largest absolute Gasteiger partial charge is 0.342 e. The van der Waals surface area contributed by atoms with E-state index in [1.807, 2.05) is 41.0 Å². The number of amides is 2. The summed E-state index contributed by atoms with van der Waals surface area (Å²) in [6.07, 6.45) is 5.54. The summed E-state index contributed by atoms with van der Waals surface area (Å²) in [7, 11) is 0. The first-order valence-corrected chi connectivity index (χ1v) is 9.96. The van der Waals surface area contributed by atoms with E-state index in [2.05, 4.69) is 15.5 Å². The standard InChI is InChI=1S/C20H26N6O2/c1-2-24-13-20(10-8-18(24)27)9-3-11-25(14-20)19(28)12-16-4-6-17(7-5-16)26-15-21-22-23-26/h4-7,15H,2-3,8-14H2,1H3/t20-/m0/s1. The average molecular weight is 382 g/mol. The summed E-state index contributed by atoms with van der Waals surface area (Å²) >= 11 is 0. The summed E-state index contributed by atoms with van der Waals surface area (Å²) in [4.78, 5) is 28.9. The lowest BCUT2D eigenvalue weighted by Crippen LogP contribution is -2.55. The number of aromatic nitrogens is 4. The minimum absolute atomic E-state index is 0.0712. The molecule has 2 aliphatic heterocycles. The highest BCUT2D eigenvalue weighted by Gasteiger charge is 2.42. The molecule has 28 heavy (non-hydrogen) atoms. The van der Waals surface area contributed by atoms with E-state index in [-0.39, 0.29) is 17.2 Å². The molecule has 8 heteroatoms. The molecule has 3 heterocycles. The molecule has 1 aromatic heterocycles. The predicted molar refractivity (Wildman–Crippen MR) is 103 cm³/mol. The number of hydrogen-bond donors (Lipinski definition) is 0. The molecule has 0 saturated carbocycles. The number of piperidine rings is 2. The molecule has 2 aromatic rings. The van der Waals surface area contributed by atoms with E-state index in [0.717, 1.165) is 56.7 Å². The van der Waals surface area contributed by atoms with Gasteiger partial charge in [-0.2, -0.15) is 0 Å². The van der Waals surface area contributed by atoms with Gasteiger partial charge in [0.1, 0.15) is 6.33 Å². The zero-order valence-corrected chi connectivity index (χ0v) is 16.3. The van der Waals surface area contributed by atoms with Crippen LogP contribution in [0.3, 0.4) is 0 Å². The number of hydrogen-bond acceptors (Lipinski definition) is 5. The van der Waals surface area contributed by atoms with Crippen LogP contribution in [0, 0.1) is 5.41 Å². The van der Waals surface area contributed by atoms with E-state index in [1.54, 1.807) is 11.0 Å². The van der Waals surface area contributed by atoms with Gasteiger partial charge >= 0.3 is 0 Å². The third kappa shape index (κ3) is 3.76. The van der Waals surface area contributed by atoms with E-state index in [1.165, 1.54) is 0 Å². The highest BCUT2D eigenvalue weighted by molar-refractivity contribution is 5.79. The van der Waals surface area contributed by atoms with Crippen molar-refractivity contribution in [1.82, 2.24) is 30.0 Å². The molecule has 0 N–H and O–H groups in total. The van der Waals surface area contributed by atoms with Crippen molar-refractivity contribution in [2.45, 2.75) is 39.0 Å². The fourth-order valence-electron chi connectivity index (χ4n) is 4.48. The molecular formula is C20H26N6O2. The maximum absolute atomic E-state index is 12.9. The second kappa shape index (κ2) is 7.69. The van der Waals surface area contributed by atoms with Crippen LogP contribution in [0.1, 0.15) is 38.2 Å². The Morgan fingerprint density at radius 2 is 2.00 bits per heavy atom. The summed E-state index contributed by atoms with van der Waals surface area (Å²) in [6, 6.07) is 7.74. The number of nitrogens with zero attached hydrogens (tertiary/aromatic N) is 6. The molecule has 0 unspecified atom stereocenters. The highest BCUT2D eigenvalue weighted by atomic mass is 16.2. The van der Waals surface area contributed by atoms with Gasteiger partial charge in [0.15, 0.2) is 0 Å². The molecule has 2 saturated heterocycles. The zero-order chi connectivity index (χ0) is 19.6.